The molecule has 0 bridgehead atoms. The number of alkyl halides is 3. The van der Waals surface area contributed by atoms with E-state index in [1.165, 1.54) is 0 Å². The van der Waals surface area contributed by atoms with E-state index in [1.54, 1.807) is 0 Å². The smallest absolute Gasteiger partial charge is 0.358 e. The van der Waals surface area contributed by atoms with Crippen LogP contribution in [0.1, 0.15) is 36.1 Å². The molecule has 1 aromatic heterocycles. The Morgan fingerprint density at radius 3 is 2.43 bits per heavy atom. The highest BCUT2D eigenvalue weighted by molar-refractivity contribution is 7.80. The highest BCUT2D eigenvalue weighted by Crippen LogP contribution is 2.31. The largest absolute Gasteiger partial charge is 0.433 e. The zero-order valence-electron chi connectivity index (χ0n) is 15.5. The summed E-state index contributed by atoms with van der Waals surface area (Å²) in [6, 6.07) is 8.88. The number of nitrogens with one attached hydrogen (secondary N) is 2. The molecule has 28 heavy (non-hydrogen) atoms. The molecular formula is C19H22F3N5S. The van der Waals surface area contributed by atoms with E-state index >= 15 is 0 Å². The van der Waals surface area contributed by atoms with Crippen molar-refractivity contribution in [2.75, 3.05) is 23.3 Å². The molecule has 1 saturated heterocycles. The molecule has 1 aliphatic heterocycles. The van der Waals surface area contributed by atoms with Gasteiger partial charge in [-0.25, -0.2) is 4.98 Å². The molecule has 2 heterocycles. The number of benzene rings is 1. The Morgan fingerprint density at radius 1 is 1.11 bits per heavy atom. The van der Waals surface area contributed by atoms with Crippen molar-refractivity contribution < 1.29 is 13.2 Å². The first-order valence-corrected chi connectivity index (χ1v) is 9.54. The second-order valence-corrected chi connectivity index (χ2v) is 7.18. The minimum atomic E-state index is -4.55. The zero-order chi connectivity index (χ0) is 20.1. The van der Waals surface area contributed by atoms with Crippen LogP contribution in [0.2, 0.25) is 0 Å². The van der Waals surface area contributed by atoms with Gasteiger partial charge in [-0.05, 0) is 44.0 Å². The van der Waals surface area contributed by atoms with E-state index in [1.807, 2.05) is 36.1 Å². The van der Waals surface area contributed by atoms with Crippen LogP contribution in [0.25, 0.3) is 0 Å². The van der Waals surface area contributed by atoms with Crippen molar-refractivity contribution in [2.24, 2.45) is 0 Å². The summed E-state index contributed by atoms with van der Waals surface area (Å²) in [4.78, 5) is 9.71. The third-order valence-corrected chi connectivity index (χ3v) is 4.73. The Balaban J connectivity index is 1.72. The van der Waals surface area contributed by atoms with Crippen LogP contribution >= 0.6 is 12.2 Å². The number of nitrogens with zero attached hydrogens (tertiary/aromatic N) is 3. The Bertz CT molecular complexity index is 817. The maximum absolute atomic E-state index is 13.3. The maximum atomic E-state index is 13.3. The lowest BCUT2D eigenvalue weighted by Crippen LogP contribution is -2.32. The molecule has 3 rings (SSSR count). The summed E-state index contributed by atoms with van der Waals surface area (Å²) in [5.41, 5.74) is 1.17. The van der Waals surface area contributed by atoms with E-state index < -0.39 is 11.9 Å². The number of halogens is 3. The molecule has 0 aliphatic carbocycles. The Kier molecular flexibility index (Phi) is 6.33. The number of rotatable bonds is 4. The van der Waals surface area contributed by atoms with E-state index in [4.69, 9.17) is 12.2 Å². The fourth-order valence-corrected chi connectivity index (χ4v) is 3.12. The Hall–Kier alpha value is -2.42. The minimum Gasteiger partial charge on any atom is -0.358 e. The lowest BCUT2D eigenvalue weighted by Gasteiger charge is -2.28. The van der Waals surface area contributed by atoms with Crippen molar-refractivity contribution in [3.05, 3.63) is 47.2 Å². The van der Waals surface area contributed by atoms with Gasteiger partial charge in [0.15, 0.2) is 10.8 Å². The van der Waals surface area contributed by atoms with E-state index in [2.05, 4.69) is 20.6 Å². The molecule has 2 aromatic rings. The minimum absolute atomic E-state index is 0.156. The Labute approximate surface area is 167 Å². The van der Waals surface area contributed by atoms with Gasteiger partial charge < -0.3 is 15.5 Å². The monoisotopic (exact) mass is 409 g/mol. The van der Waals surface area contributed by atoms with Crippen LogP contribution in [0.4, 0.5) is 24.9 Å². The molecule has 0 saturated carbocycles. The van der Waals surface area contributed by atoms with E-state index in [9.17, 15) is 13.2 Å². The van der Waals surface area contributed by atoms with Crippen molar-refractivity contribution in [2.45, 2.75) is 38.9 Å². The summed E-state index contributed by atoms with van der Waals surface area (Å²) >= 11 is 5.20. The number of thiocarbonyl (C=S) groups is 1. The molecular weight excluding hydrogens is 387 g/mol. The number of aryl methyl sites for hydroxylation is 1. The lowest BCUT2D eigenvalue weighted by atomic mass is 10.1. The SMILES string of the molecule is Cc1ccc(CNC(=S)Nc2nc(N3CCCCC3)cc(C(F)(F)F)n2)cc1. The van der Waals surface area contributed by atoms with Crippen LogP contribution in [0.15, 0.2) is 30.3 Å². The van der Waals surface area contributed by atoms with Gasteiger partial charge in [0.1, 0.15) is 5.82 Å². The first-order chi connectivity index (χ1) is 13.3. The topological polar surface area (TPSA) is 53.1 Å². The molecule has 1 aromatic carbocycles. The third kappa shape index (κ3) is 5.54. The number of anilines is 2. The van der Waals surface area contributed by atoms with Gasteiger partial charge in [0.25, 0.3) is 0 Å². The first kappa shape index (κ1) is 20.3. The summed E-state index contributed by atoms with van der Waals surface area (Å²) < 4.78 is 39.8. The molecule has 150 valence electrons. The average molecular weight is 409 g/mol. The standard InChI is InChI=1S/C19H22F3N5S/c1-13-5-7-14(8-6-13)12-23-18(28)26-17-24-15(19(20,21)22)11-16(25-17)27-9-3-2-4-10-27/h5-8,11H,2-4,9-10,12H2,1H3,(H2,23,24,25,26,28). The number of hydrogen-bond acceptors (Lipinski definition) is 4. The van der Waals surface area contributed by atoms with Crippen LogP contribution in [-0.4, -0.2) is 28.2 Å². The summed E-state index contributed by atoms with van der Waals surface area (Å²) in [6.45, 7) is 3.81. The lowest BCUT2D eigenvalue weighted by molar-refractivity contribution is -0.141. The average Bonchev–Trinajstić information content (AvgIpc) is 2.67. The van der Waals surface area contributed by atoms with E-state index in [0.717, 1.165) is 36.5 Å². The van der Waals surface area contributed by atoms with Crippen molar-refractivity contribution in [3.8, 4) is 0 Å². The summed E-state index contributed by atoms with van der Waals surface area (Å²) in [6.07, 6.45) is -1.61. The molecule has 9 heteroatoms. The van der Waals surface area contributed by atoms with E-state index in [0.29, 0.717) is 19.6 Å². The normalized spacial score (nSPS) is 14.6. The maximum Gasteiger partial charge on any atom is 0.433 e. The third-order valence-electron chi connectivity index (χ3n) is 4.48. The van der Waals surface area contributed by atoms with Crippen LogP contribution in [0.5, 0.6) is 0 Å². The van der Waals surface area contributed by atoms with Crippen LogP contribution in [0.3, 0.4) is 0 Å². The summed E-state index contributed by atoms with van der Waals surface area (Å²) in [5, 5.41) is 5.83. The van der Waals surface area contributed by atoms with Gasteiger partial charge in [-0.3, -0.25) is 0 Å². The highest BCUT2D eigenvalue weighted by Gasteiger charge is 2.34. The van der Waals surface area contributed by atoms with Crippen molar-refractivity contribution >= 4 is 29.1 Å². The van der Waals surface area contributed by atoms with Gasteiger partial charge in [-0.1, -0.05) is 29.8 Å². The van der Waals surface area contributed by atoms with Crippen molar-refractivity contribution in [1.82, 2.24) is 15.3 Å². The van der Waals surface area contributed by atoms with Gasteiger partial charge in [-0.15, -0.1) is 0 Å². The Morgan fingerprint density at radius 2 is 1.79 bits per heavy atom. The molecule has 1 fully saturated rings. The second kappa shape index (κ2) is 8.72. The molecule has 5 nitrogen and oxygen atoms in total. The zero-order valence-corrected chi connectivity index (χ0v) is 16.3. The predicted octanol–water partition coefficient (Wildman–Crippen LogP) is 4.28. The van der Waals surface area contributed by atoms with Crippen LogP contribution in [-0.2, 0) is 12.7 Å². The predicted molar refractivity (Wildman–Crippen MR) is 107 cm³/mol. The van der Waals surface area contributed by atoms with Crippen LogP contribution in [0, 0.1) is 6.92 Å². The van der Waals surface area contributed by atoms with Gasteiger partial charge in [0.05, 0.1) is 0 Å². The fourth-order valence-electron chi connectivity index (χ4n) is 2.95. The molecule has 2 N–H and O–H groups in total. The summed E-state index contributed by atoms with van der Waals surface area (Å²) in [5.74, 6) is 0.114. The summed E-state index contributed by atoms with van der Waals surface area (Å²) in [7, 11) is 0. The quantitative estimate of drug-likeness (QED) is 0.736. The first-order valence-electron chi connectivity index (χ1n) is 9.13. The van der Waals surface area contributed by atoms with Gasteiger partial charge >= 0.3 is 6.18 Å². The molecule has 0 radical (unpaired) electrons. The van der Waals surface area contributed by atoms with Crippen molar-refractivity contribution in [3.63, 3.8) is 0 Å². The number of hydrogen-bond donors (Lipinski definition) is 2. The molecule has 0 amide bonds. The van der Waals surface area contributed by atoms with Gasteiger partial charge in [0.2, 0.25) is 5.95 Å². The number of aromatic nitrogens is 2. The fraction of sp³-hybridized carbons (Fsp3) is 0.421. The molecule has 0 atom stereocenters. The number of piperidine rings is 1. The van der Waals surface area contributed by atoms with Crippen LogP contribution < -0.4 is 15.5 Å². The highest BCUT2D eigenvalue weighted by atomic mass is 32.1. The molecule has 0 unspecified atom stereocenters. The van der Waals surface area contributed by atoms with Crippen molar-refractivity contribution in [1.29, 1.82) is 0 Å². The van der Waals surface area contributed by atoms with E-state index in [-0.39, 0.29) is 16.9 Å². The van der Waals surface area contributed by atoms with Gasteiger partial charge in [0, 0.05) is 25.7 Å². The van der Waals surface area contributed by atoms with Gasteiger partial charge in [-0.2, -0.15) is 18.2 Å². The second-order valence-electron chi connectivity index (χ2n) is 6.77. The molecule has 0 spiro atoms. The molecule has 1 aliphatic rings.